The van der Waals surface area contributed by atoms with E-state index >= 15 is 0 Å². The number of halogens is 1. The number of hydrogen-bond donors (Lipinski definition) is 1. The van der Waals surface area contributed by atoms with Gasteiger partial charge in [0.25, 0.3) is 5.56 Å². The van der Waals surface area contributed by atoms with Crippen molar-refractivity contribution in [1.29, 1.82) is 0 Å². The molecule has 0 amide bonds. The van der Waals surface area contributed by atoms with E-state index in [-0.39, 0.29) is 5.56 Å². The Morgan fingerprint density at radius 2 is 1.86 bits per heavy atom. The summed E-state index contributed by atoms with van der Waals surface area (Å²) in [4.78, 5) is 22.6. The van der Waals surface area contributed by atoms with Gasteiger partial charge in [0.05, 0.1) is 5.39 Å². The maximum Gasteiger partial charge on any atom is 0.260 e. The van der Waals surface area contributed by atoms with E-state index in [4.69, 9.17) is 21.3 Å². The molecule has 0 saturated heterocycles. The number of aromatic nitrogens is 2. The first-order chi connectivity index (χ1) is 14.2. The molecule has 2 heterocycles. The molecule has 5 rings (SSSR count). The number of fused-ring (bicyclic) bond motifs is 3. The lowest BCUT2D eigenvalue weighted by Gasteiger charge is -2.09. The average Bonchev–Trinajstić information content (AvgIpc) is 3.12. The molecule has 0 aliphatic heterocycles. The maximum atomic E-state index is 12.7. The third-order valence-corrected chi connectivity index (χ3v) is 6.86. The van der Waals surface area contributed by atoms with Crippen molar-refractivity contribution in [3.05, 3.63) is 79.9 Å². The SMILES string of the molecule is O=c1[nH]c(-c2ccc(OCc3ccccc3Cl)cc2)nc2sc3c(c12)CCCC3. The van der Waals surface area contributed by atoms with Gasteiger partial charge in [0.2, 0.25) is 0 Å². The fourth-order valence-corrected chi connectivity index (χ4v) is 5.24. The predicted octanol–water partition coefficient (Wildman–Crippen LogP) is 5.76. The standard InChI is InChI=1S/C23H19ClN2O2S/c24-18-7-3-1-5-15(18)13-28-16-11-9-14(10-12-16)21-25-22(27)20-17-6-2-4-8-19(17)29-23(20)26-21/h1,3,5,7,9-12H,2,4,6,8,13H2,(H,25,26,27). The Bertz CT molecular complexity index is 1240. The highest BCUT2D eigenvalue weighted by atomic mass is 35.5. The molecule has 4 aromatic rings. The van der Waals surface area contributed by atoms with E-state index in [1.54, 1.807) is 11.3 Å². The van der Waals surface area contributed by atoms with E-state index in [1.165, 1.54) is 16.9 Å². The van der Waals surface area contributed by atoms with Gasteiger partial charge < -0.3 is 9.72 Å². The molecule has 0 saturated carbocycles. The van der Waals surface area contributed by atoms with Gasteiger partial charge >= 0.3 is 0 Å². The molecule has 0 unspecified atom stereocenters. The fraction of sp³-hybridized carbons (Fsp3) is 0.217. The number of H-pyrrole nitrogens is 1. The monoisotopic (exact) mass is 422 g/mol. The average molecular weight is 423 g/mol. The lowest BCUT2D eigenvalue weighted by molar-refractivity contribution is 0.306. The van der Waals surface area contributed by atoms with Crippen LogP contribution in [-0.2, 0) is 19.4 Å². The summed E-state index contributed by atoms with van der Waals surface area (Å²) in [5, 5.41) is 1.48. The lowest BCUT2D eigenvalue weighted by Crippen LogP contribution is -2.11. The molecule has 1 N–H and O–H groups in total. The highest BCUT2D eigenvalue weighted by molar-refractivity contribution is 7.18. The second-order valence-corrected chi connectivity index (χ2v) is 8.70. The molecule has 1 aliphatic carbocycles. The van der Waals surface area contributed by atoms with E-state index in [1.807, 2.05) is 48.5 Å². The van der Waals surface area contributed by atoms with Crippen molar-refractivity contribution in [3.8, 4) is 17.1 Å². The van der Waals surface area contributed by atoms with Crippen molar-refractivity contribution in [3.63, 3.8) is 0 Å². The van der Waals surface area contributed by atoms with Crippen LogP contribution in [0.3, 0.4) is 0 Å². The predicted molar refractivity (Wildman–Crippen MR) is 118 cm³/mol. The normalized spacial score (nSPS) is 13.4. The van der Waals surface area contributed by atoms with Crippen molar-refractivity contribution >= 4 is 33.2 Å². The number of aryl methyl sites for hydroxylation is 2. The number of benzene rings is 2. The third kappa shape index (κ3) is 3.56. The molecule has 146 valence electrons. The Kier molecular flexibility index (Phi) is 4.86. The molecule has 4 nitrogen and oxygen atoms in total. The maximum absolute atomic E-state index is 12.7. The quantitative estimate of drug-likeness (QED) is 0.454. The van der Waals surface area contributed by atoms with Gasteiger partial charge in [0.15, 0.2) is 0 Å². The molecule has 29 heavy (non-hydrogen) atoms. The van der Waals surface area contributed by atoms with Crippen LogP contribution in [0.5, 0.6) is 5.75 Å². The van der Waals surface area contributed by atoms with Gasteiger partial charge in [-0.15, -0.1) is 11.3 Å². The Labute approximate surface area is 177 Å². The van der Waals surface area contributed by atoms with E-state index in [9.17, 15) is 4.79 Å². The number of nitrogens with one attached hydrogen (secondary N) is 1. The minimum Gasteiger partial charge on any atom is -0.489 e. The number of rotatable bonds is 4. The van der Waals surface area contributed by atoms with E-state index in [0.29, 0.717) is 17.5 Å². The van der Waals surface area contributed by atoms with Crippen LogP contribution >= 0.6 is 22.9 Å². The van der Waals surface area contributed by atoms with Crippen LogP contribution in [0.4, 0.5) is 0 Å². The summed E-state index contributed by atoms with van der Waals surface area (Å²) >= 11 is 7.84. The highest BCUT2D eigenvalue weighted by Crippen LogP contribution is 2.34. The van der Waals surface area contributed by atoms with Crippen LogP contribution in [0.2, 0.25) is 5.02 Å². The largest absolute Gasteiger partial charge is 0.489 e. The first-order valence-electron chi connectivity index (χ1n) is 9.70. The fourth-order valence-electron chi connectivity index (χ4n) is 3.79. The first kappa shape index (κ1) is 18.4. The van der Waals surface area contributed by atoms with Crippen molar-refractivity contribution < 1.29 is 4.74 Å². The molecule has 2 aromatic carbocycles. The van der Waals surface area contributed by atoms with Crippen molar-refractivity contribution in [2.24, 2.45) is 0 Å². The Morgan fingerprint density at radius 3 is 2.69 bits per heavy atom. The van der Waals surface area contributed by atoms with Gasteiger partial charge in [0.1, 0.15) is 23.0 Å². The molecule has 0 radical (unpaired) electrons. The molecule has 0 fully saturated rings. The third-order valence-electron chi connectivity index (χ3n) is 5.30. The second kappa shape index (κ2) is 7.65. The van der Waals surface area contributed by atoms with Gasteiger partial charge in [-0.3, -0.25) is 4.79 Å². The van der Waals surface area contributed by atoms with Crippen LogP contribution in [0.25, 0.3) is 21.6 Å². The lowest BCUT2D eigenvalue weighted by atomic mass is 9.97. The zero-order valence-electron chi connectivity index (χ0n) is 15.7. The van der Waals surface area contributed by atoms with Gasteiger partial charge in [-0.2, -0.15) is 0 Å². The zero-order valence-corrected chi connectivity index (χ0v) is 17.3. The number of nitrogens with zero attached hydrogens (tertiary/aromatic N) is 1. The summed E-state index contributed by atoms with van der Waals surface area (Å²) in [6, 6.07) is 15.2. The van der Waals surface area contributed by atoms with Crippen LogP contribution in [0.1, 0.15) is 28.8 Å². The van der Waals surface area contributed by atoms with Gasteiger partial charge in [-0.25, -0.2) is 4.98 Å². The molecule has 0 atom stereocenters. The molecule has 1 aliphatic rings. The second-order valence-electron chi connectivity index (χ2n) is 7.21. The summed E-state index contributed by atoms with van der Waals surface area (Å²) < 4.78 is 5.84. The summed E-state index contributed by atoms with van der Waals surface area (Å²) in [6.07, 6.45) is 4.38. The first-order valence-corrected chi connectivity index (χ1v) is 10.9. The van der Waals surface area contributed by atoms with Gasteiger partial charge in [0, 0.05) is 21.0 Å². The van der Waals surface area contributed by atoms with Crippen LogP contribution < -0.4 is 10.3 Å². The Hall–Kier alpha value is -2.63. The zero-order chi connectivity index (χ0) is 19.8. The van der Waals surface area contributed by atoms with Crippen molar-refractivity contribution in [1.82, 2.24) is 9.97 Å². The molecule has 6 heteroatoms. The van der Waals surface area contributed by atoms with Crippen molar-refractivity contribution in [2.45, 2.75) is 32.3 Å². The number of ether oxygens (including phenoxy) is 1. The van der Waals surface area contributed by atoms with Gasteiger partial charge in [-0.1, -0.05) is 29.8 Å². The van der Waals surface area contributed by atoms with E-state index in [2.05, 4.69) is 4.98 Å². The highest BCUT2D eigenvalue weighted by Gasteiger charge is 2.20. The number of hydrogen-bond acceptors (Lipinski definition) is 4. The van der Waals surface area contributed by atoms with Crippen LogP contribution in [0, 0.1) is 0 Å². The molecular formula is C23H19ClN2O2S. The Balaban J connectivity index is 1.40. The number of thiophene rings is 1. The van der Waals surface area contributed by atoms with Crippen LogP contribution in [-0.4, -0.2) is 9.97 Å². The number of aromatic amines is 1. The molecular weight excluding hydrogens is 404 g/mol. The molecule has 2 aromatic heterocycles. The summed E-state index contributed by atoms with van der Waals surface area (Å²) in [5.41, 5.74) is 2.97. The van der Waals surface area contributed by atoms with Gasteiger partial charge in [-0.05, 0) is 61.6 Å². The summed E-state index contributed by atoms with van der Waals surface area (Å²) in [5.74, 6) is 1.34. The van der Waals surface area contributed by atoms with Crippen molar-refractivity contribution in [2.75, 3.05) is 0 Å². The van der Waals surface area contributed by atoms with Crippen LogP contribution in [0.15, 0.2) is 53.3 Å². The Morgan fingerprint density at radius 1 is 1.07 bits per heavy atom. The van der Waals surface area contributed by atoms with E-state index < -0.39 is 0 Å². The smallest absolute Gasteiger partial charge is 0.260 e. The topological polar surface area (TPSA) is 55.0 Å². The molecule has 0 bridgehead atoms. The minimum absolute atomic E-state index is 0.0385. The minimum atomic E-state index is -0.0385. The molecule has 0 spiro atoms. The summed E-state index contributed by atoms with van der Waals surface area (Å²) in [6.45, 7) is 0.404. The summed E-state index contributed by atoms with van der Waals surface area (Å²) in [7, 11) is 0. The van der Waals surface area contributed by atoms with E-state index in [0.717, 1.165) is 46.4 Å².